The predicted octanol–water partition coefficient (Wildman–Crippen LogP) is 0.622. The number of benzene rings is 1. The van der Waals surface area contributed by atoms with Crippen molar-refractivity contribution in [2.24, 2.45) is 5.92 Å². The molecule has 22 heavy (non-hydrogen) atoms. The Labute approximate surface area is 129 Å². The molecular weight excluding hydrogens is 287 g/mol. The van der Waals surface area contributed by atoms with Crippen LogP contribution in [0.1, 0.15) is 19.8 Å². The van der Waals surface area contributed by atoms with E-state index >= 15 is 0 Å². The summed E-state index contributed by atoms with van der Waals surface area (Å²) >= 11 is 0. The largest absolute Gasteiger partial charge is 0.466 e. The first-order valence-corrected chi connectivity index (χ1v) is 7.64. The van der Waals surface area contributed by atoms with Crippen LogP contribution in [0.4, 0.5) is 10.1 Å². The van der Waals surface area contributed by atoms with Gasteiger partial charge in [0.15, 0.2) is 6.54 Å². The molecule has 0 spiro atoms. The molecule has 120 valence electrons. The van der Waals surface area contributed by atoms with Crippen LogP contribution < -0.4 is 10.2 Å². The van der Waals surface area contributed by atoms with Crippen molar-refractivity contribution in [2.45, 2.75) is 19.8 Å². The Balaban J connectivity index is 1.74. The van der Waals surface area contributed by atoms with Gasteiger partial charge in [-0.25, -0.2) is 4.39 Å². The Hall–Kier alpha value is -1.95. The number of carbonyl (C=O) groups is 2. The summed E-state index contributed by atoms with van der Waals surface area (Å²) < 4.78 is 17.8. The molecule has 0 saturated carbocycles. The summed E-state index contributed by atoms with van der Waals surface area (Å²) in [6, 6.07) is 5.70. The maximum atomic E-state index is 12.8. The van der Waals surface area contributed by atoms with Crippen LogP contribution in [0.3, 0.4) is 0 Å². The quantitative estimate of drug-likeness (QED) is 0.784. The number of halogens is 1. The smallest absolute Gasteiger partial charge is 0.309 e. The molecule has 0 aromatic heterocycles. The molecule has 1 aromatic carbocycles. The number of carbonyl (C=O) groups excluding carboxylic acids is 2. The zero-order chi connectivity index (χ0) is 15.9. The molecule has 0 atom stereocenters. The molecule has 6 heteroatoms. The van der Waals surface area contributed by atoms with Gasteiger partial charge in [-0.2, -0.15) is 0 Å². The fraction of sp³-hybridized carbons (Fsp3) is 0.500. The highest BCUT2D eigenvalue weighted by atomic mass is 19.1. The minimum absolute atomic E-state index is 0.0381. The molecule has 1 fully saturated rings. The lowest BCUT2D eigenvalue weighted by atomic mass is 9.97. The third-order valence-electron chi connectivity index (χ3n) is 3.85. The van der Waals surface area contributed by atoms with Crippen LogP contribution >= 0.6 is 0 Å². The number of amides is 1. The number of nitrogens with one attached hydrogen (secondary N) is 2. The molecule has 0 aliphatic carbocycles. The fourth-order valence-electron chi connectivity index (χ4n) is 2.66. The molecule has 2 rings (SSSR count). The first-order chi connectivity index (χ1) is 10.6. The average Bonchev–Trinajstić information content (AvgIpc) is 2.50. The van der Waals surface area contributed by atoms with Crippen LogP contribution in [0.5, 0.6) is 0 Å². The van der Waals surface area contributed by atoms with Crippen molar-refractivity contribution in [1.29, 1.82) is 0 Å². The molecule has 1 saturated heterocycles. The van der Waals surface area contributed by atoms with Gasteiger partial charge in [0.05, 0.1) is 25.6 Å². The van der Waals surface area contributed by atoms with Gasteiger partial charge in [-0.05, 0) is 31.2 Å². The van der Waals surface area contributed by atoms with E-state index in [0.29, 0.717) is 18.8 Å². The number of anilines is 1. The van der Waals surface area contributed by atoms with Crippen molar-refractivity contribution in [1.82, 2.24) is 0 Å². The number of rotatable bonds is 5. The Morgan fingerprint density at radius 3 is 2.50 bits per heavy atom. The molecule has 5 nitrogen and oxygen atoms in total. The molecule has 1 aliphatic rings. The molecule has 1 heterocycles. The molecule has 1 aliphatic heterocycles. The summed E-state index contributed by atoms with van der Waals surface area (Å²) in [5, 5.41) is 2.75. The lowest BCUT2D eigenvalue weighted by Crippen LogP contribution is -3.14. The highest BCUT2D eigenvalue weighted by Gasteiger charge is 2.29. The van der Waals surface area contributed by atoms with Gasteiger partial charge in [-0.3, -0.25) is 9.59 Å². The summed E-state index contributed by atoms with van der Waals surface area (Å²) in [6.45, 7) is 4.12. The number of ether oxygens (including phenoxy) is 1. The van der Waals surface area contributed by atoms with E-state index in [4.69, 9.17) is 4.74 Å². The van der Waals surface area contributed by atoms with E-state index < -0.39 is 0 Å². The van der Waals surface area contributed by atoms with Crippen LogP contribution in [0.25, 0.3) is 0 Å². The van der Waals surface area contributed by atoms with Crippen molar-refractivity contribution in [3.63, 3.8) is 0 Å². The van der Waals surface area contributed by atoms with Crippen molar-refractivity contribution >= 4 is 17.6 Å². The van der Waals surface area contributed by atoms with Gasteiger partial charge in [-0.15, -0.1) is 0 Å². The summed E-state index contributed by atoms with van der Waals surface area (Å²) in [5.41, 5.74) is 0.590. The van der Waals surface area contributed by atoms with Gasteiger partial charge >= 0.3 is 5.97 Å². The molecule has 1 amide bonds. The van der Waals surface area contributed by atoms with Crippen LogP contribution in [-0.4, -0.2) is 38.1 Å². The van der Waals surface area contributed by atoms with Crippen molar-refractivity contribution < 1.29 is 23.6 Å². The molecule has 0 unspecified atom stereocenters. The molecule has 2 N–H and O–H groups in total. The van der Waals surface area contributed by atoms with E-state index in [2.05, 4.69) is 5.32 Å². The summed E-state index contributed by atoms with van der Waals surface area (Å²) in [6.07, 6.45) is 1.50. The molecular formula is C16H22FN2O3+. The zero-order valence-electron chi connectivity index (χ0n) is 12.7. The number of hydrogen-bond donors (Lipinski definition) is 2. The van der Waals surface area contributed by atoms with Crippen LogP contribution in [0.15, 0.2) is 24.3 Å². The highest BCUT2D eigenvalue weighted by Crippen LogP contribution is 2.11. The van der Waals surface area contributed by atoms with E-state index in [0.717, 1.165) is 30.8 Å². The second kappa shape index (κ2) is 7.89. The Bertz CT molecular complexity index is 511. The SMILES string of the molecule is CCOC(=O)C1CC[NH+](CC(=O)Nc2ccc(F)cc2)CC1. The van der Waals surface area contributed by atoms with E-state index in [1.165, 1.54) is 24.3 Å². The molecule has 0 bridgehead atoms. The lowest BCUT2D eigenvalue weighted by molar-refractivity contribution is -0.897. The van der Waals surface area contributed by atoms with Gasteiger partial charge in [0.2, 0.25) is 0 Å². The third-order valence-corrected chi connectivity index (χ3v) is 3.85. The summed E-state index contributed by atoms with van der Waals surface area (Å²) in [5.74, 6) is -0.595. The minimum atomic E-state index is -0.329. The van der Waals surface area contributed by atoms with E-state index in [1.807, 2.05) is 0 Å². The number of piperidine rings is 1. The van der Waals surface area contributed by atoms with Crippen LogP contribution in [0, 0.1) is 11.7 Å². The van der Waals surface area contributed by atoms with Crippen molar-refractivity contribution in [3.05, 3.63) is 30.1 Å². The number of hydrogen-bond acceptors (Lipinski definition) is 3. The fourth-order valence-corrected chi connectivity index (χ4v) is 2.66. The topological polar surface area (TPSA) is 59.8 Å². The number of esters is 1. The van der Waals surface area contributed by atoms with Gasteiger partial charge in [0, 0.05) is 18.5 Å². The summed E-state index contributed by atoms with van der Waals surface area (Å²) in [4.78, 5) is 24.8. The first-order valence-electron chi connectivity index (χ1n) is 7.64. The maximum Gasteiger partial charge on any atom is 0.309 e. The standard InChI is InChI=1S/C16H21FN2O3/c1-2-22-16(21)12-7-9-19(10-8-12)11-15(20)18-14-5-3-13(17)4-6-14/h3-6,12H,2,7-11H2,1H3,(H,18,20)/p+1. The minimum Gasteiger partial charge on any atom is -0.466 e. The predicted molar refractivity (Wildman–Crippen MR) is 80.0 cm³/mol. The van der Waals surface area contributed by atoms with E-state index in [-0.39, 0.29) is 23.6 Å². The lowest BCUT2D eigenvalue weighted by Gasteiger charge is -2.27. The average molecular weight is 309 g/mol. The van der Waals surface area contributed by atoms with E-state index in [9.17, 15) is 14.0 Å². The molecule has 0 radical (unpaired) electrons. The third kappa shape index (κ3) is 4.80. The van der Waals surface area contributed by atoms with Gasteiger partial charge in [0.1, 0.15) is 5.82 Å². The van der Waals surface area contributed by atoms with Gasteiger partial charge in [-0.1, -0.05) is 0 Å². The second-order valence-corrected chi connectivity index (χ2v) is 5.51. The van der Waals surface area contributed by atoms with Crippen LogP contribution in [-0.2, 0) is 14.3 Å². The number of likely N-dealkylation sites (tertiary alicyclic amines) is 1. The van der Waals surface area contributed by atoms with Gasteiger partial charge in [0.25, 0.3) is 5.91 Å². The van der Waals surface area contributed by atoms with E-state index in [1.54, 1.807) is 6.92 Å². The normalized spacial score (nSPS) is 21.2. The Morgan fingerprint density at radius 1 is 1.27 bits per heavy atom. The second-order valence-electron chi connectivity index (χ2n) is 5.51. The first kappa shape index (κ1) is 16.4. The Morgan fingerprint density at radius 2 is 1.91 bits per heavy atom. The van der Waals surface area contributed by atoms with Crippen molar-refractivity contribution in [2.75, 3.05) is 31.6 Å². The number of quaternary nitrogens is 1. The maximum absolute atomic E-state index is 12.8. The van der Waals surface area contributed by atoms with Crippen molar-refractivity contribution in [3.8, 4) is 0 Å². The zero-order valence-corrected chi connectivity index (χ0v) is 12.7. The van der Waals surface area contributed by atoms with Crippen LogP contribution in [0.2, 0.25) is 0 Å². The summed E-state index contributed by atoms with van der Waals surface area (Å²) in [7, 11) is 0. The monoisotopic (exact) mass is 309 g/mol. The molecule has 1 aromatic rings. The van der Waals surface area contributed by atoms with Gasteiger partial charge < -0.3 is 15.0 Å². The highest BCUT2D eigenvalue weighted by molar-refractivity contribution is 5.91. The Kier molecular flexibility index (Phi) is 5.89.